The Morgan fingerprint density at radius 2 is 1.78 bits per heavy atom. The minimum absolute atomic E-state index is 0.0456. The van der Waals surface area contributed by atoms with Crippen LogP contribution in [0.25, 0.3) is 0 Å². The molecule has 1 amide bonds. The molecular formula is C13H24F3NO. The molecule has 1 N–H and O–H groups in total. The average Bonchev–Trinajstić information content (AvgIpc) is 2.18. The van der Waals surface area contributed by atoms with Gasteiger partial charge in [-0.2, -0.15) is 13.2 Å². The molecule has 2 nitrogen and oxygen atoms in total. The summed E-state index contributed by atoms with van der Waals surface area (Å²) in [5, 5.41) is 2.59. The SMILES string of the molecule is CCC(CC(C)(C)C)C(=O)NCCCC(F)(F)F. The first-order chi connectivity index (χ1) is 8.05. The second-order valence-electron chi connectivity index (χ2n) is 5.88. The molecule has 0 aliphatic rings. The van der Waals surface area contributed by atoms with Crippen LogP contribution in [0.3, 0.4) is 0 Å². The van der Waals surface area contributed by atoms with Crippen molar-refractivity contribution < 1.29 is 18.0 Å². The fraction of sp³-hybridized carbons (Fsp3) is 0.923. The molecule has 0 aromatic rings. The summed E-state index contributed by atoms with van der Waals surface area (Å²) in [6, 6.07) is 0. The van der Waals surface area contributed by atoms with Gasteiger partial charge in [-0.15, -0.1) is 0 Å². The molecule has 1 unspecified atom stereocenters. The van der Waals surface area contributed by atoms with Crippen molar-refractivity contribution in [1.82, 2.24) is 5.32 Å². The van der Waals surface area contributed by atoms with Gasteiger partial charge in [-0.25, -0.2) is 0 Å². The molecule has 1 atom stereocenters. The van der Waals surface area contributed by atoms with Crippen molar-refractivity contribution in [3.05, 3.63) is 0 Å². The van der Waals surface area contributed by atoms with Crippen molar-refractivity contribution in [2.75, 3.05) is 6.54 Å². The molecule has 0 heterocycles. The molecule has 108 valence electrons. The van der Waals surface area contributed by atoms with Gasteiger partial charge in [-0.3, -0.25) is 4.79 Å². The van der Waals surface area contributed by atoms with Crippen LogP contribution in [-0.2, 0) is 4.79 Å². The summed E-state index contributed by atoms with van der Waals surface area (Å²) in [4.78, 5) is 11.8. The topological polar surface area (TPSA) is 29.1 Å². The first-order valence-corrected chi connectivity index (χ1v) is 6.39. The zero-order valence-electron chi connectivity index (χ0n) is 11.7. The number of halogens is 3. The predicted molar refractivity (Wildman–Crippen MR) is 66.2 cm³/mol. The number of amides is 1. The Morgan fingerprint density at radius 1 is 1.22 bits per heavy atom. The summed E-state index contributed by atoms with van der Waals surface area (Å²) in [5.74, 6) is -0.245. The van der Waals surface area contributed by atoms with Crippen LogP contribution in [0.15, 0.2) is 0 Å². The highest BCUT2D eigenvalue weighted by molar-refractivity contribution is 5.78. The second-order valence-corrected chi connectivity index (χ2v) is 5.88. The molecule has 0 saturated heterocycles. The molecule has 0 saturated carbocycles. The van der Waals surface area contributed by atoms with E-state index >= 15 is 0 Å². The molecule has 0 bridgehead atoms. The van der Waals surface area contributed by atoms with Gasteiger partial charge in [-0.05, 0) is 24.7 Å². The molecule has 0 aromatic heterocycles. The van der Waals surface area contributed by atoms with E-state index in [-0.39, 0.29) is 30.2 Å². The van der Waals surface area contributed by atoms with Gasteiger partial charge in [0.25, 0.3) is 0 Å². The number of rotatable bonds is 6. The summed E-state index contributed by atoms with van der Waals surface area (Å²) in [7, 11) is 0. The average molecular weight is 267 g/mol. The molecule has 0 aliphatic heterocycles. The predicted octanol–water partition coefficient (Wildman–Crippen LogP) is 3.91. The van der Waals surface area contributed by atoms with Crippen LogP contribution >= 0.6 is 0 Å². The molecule has 0 aromatic carbocycles. The maximum Gasteiger partial charge on any atom is 0.389 e. The van der Waals surface area contributed by atoms with Gasteiger partial charge in [0.1, 0.15) is 0 Å². The normalized spacial score (nSPS) is 14.4. The van der Waals surface area contributed by atoms with Crippen molar-refractivity contribution in [1.29, 1.82) is 0 Å². The van der Waals surface area contributed by atoms with Crippen molar-refractivity contribution in [2.24, 2.45) is 11.3 Å². The third-order valence-corrected chi connectivity index (χ3v) is 2.66. The zero-order chi connectivity index (χ0) is 14.4. The van der Waals surface area contributed by atoms with Crippen LogP contribution in [-0.4, -0.2) is 18.6 Å². The monoisotopic (exact) mass is 267 g/mol. The van der Waals surface area contributed by atoms with E-state index in [1.807, 2.05) is 27.7 Å². The van der Waals surface area contributed by atoms with Crippen LogP contribution in [0.5, 0.6) is 0 Å². The Balaban J connectivity index is 3.99. The Morgan fingerprint density at radius 3 is 2.17 bits per heavy atom. The van der Waals surface area contributed by atoms with Gasteiger partial charge in [0.15, 0.2) is 0 Å². The summed E-state index contributed by atoms with van der Waals surface area (Å²) in [6.45, 7) is 8.16. The third kappa shape index (κ3) is 9.31. The van der Waals surface area contributed by atoms with E-state index < -0.39 is 12.6 Å². The third-order valence-electron chi connectivity index (χ3n) is 2.66. The van der Waals surface area contributed by atoms with E-state index in [9.17, 15) is 18.0 Å². The highest BCUT2D eigenvalue weighted by Crippen LogP contribution is 2.26. The van der Waals surface area contributed by atoms with E-state index in [1.54, 1.807) is 0 Å². The van der Waals surface area contributed by atoms with E-state index in [2.05, 4.69) is 5.32 Å². The second kappa shape index (κ2) is 7.00. The Kier molecular flexibility index (Phi) is 6.71. The highest BCUT2D eigenvalue weighted by atomic mass is 19.4. The Bertz CT molecular complexity index is 256. The van der Waals surface area contributed by atoms with Gasteiger partial charge < -0.3 is 5.32 Å². The van der Waals surface area contributed by atoms with Crippen molar-refractivity contribution in [3.8, 4) is 0 Å². The van der Waals surface area contributed by atoms with Crippen molar-refractivity contribution in [2.45, 2.75) is 59.6 Å². The highest BCUT2D eigenvalue weighted by Gasteiger charge is 2.27. The van der Waals surface area contributed by atoms with Gasteiger partial charge in [-0.1, -0.05) is 27.7 Å². The standard InChI is InChI=1S/C13H24F3NO/c1-5-10(9-12(2,3)4)11(18)17-8-6-7-13(14,15)16/h10H,5-9H2,1-4H3,(H,17,18). The van der Waals surface area contributed by atoms with Crippen LogP contribution in [0, 0.1) is 11.3 Å². The molecule has 18 heavy (non-hydrogen) atoms. The molecular weight excluding hydrogens is 243 g/mol. The lowest BCUT2D eigenvalue weighted by Gasteiger charge is -2.24. The molecule has 0 rings (SSSR count). The van der Waals surface area contributed by atoms with Gasteiger partial charge in [0.05, 0.1) is 0 Å². The fourth-order valence-electron chi connectivity index (χ4n) is 1.81. The zero-order valence-corrected chi connectivity index (χ0v) is 11.7. The first-order valence-electron chi connectivity index (χ1n) is 6.39. The number of alkyl halides is 3. The summed E-state index contributed by atoms with van der Waals surface area (Å²) in [6.07, 6.45) is -3.58. The number of carbonyl (C=O) groups excluding carboxylic acids is 1. The molecule has 0 spiro atoms. The van der Waals surface area contributed by atoms with E-state index in [0.29, 0.717) is 6.42 Å². The number of hydrogen-bond acceptors (Lipinski definition) is 1. The number of nitrogens with one attached hydrogen (secondary N) is 1. The molecule has 5 heteroatoms. The summed E-state index contributed by atoms with van der Waals surface area (Å²) in [5.41, 5.74) is 0.0456. The van der Waals surface area contributed by atoms with Gasteiger partial charge >= 0.3 is 6.18 Å². The largest absolute Gasteiger partial charge is 0.389 e. The maximum absolute atomic E-state index is 11.9. The van der Waals surface area contributed by atoms with E-state index in [1.165, 1.54) is 0 Å². The van der Waals surface area contributed by atoms with Crippen LogP contribution in [0.1, 0.15) is 53.4 Å². The van der Waals surface area contributed by atoms with Crippen molar-refractivity contribution >= 4 is 5.91 Å². The molecule has 0 fully saturated rings. The minimum Gasteiger partial charge on any atom is -0.356 e. The van der Waals surface area contributed by atoms with Crippen LogP contribution < -0.4 is 5.32 Å². The molecule has 0 radical (unpaired) electrons. The lowest BCUT2D eigenvalue weighted by atomic mass is 9.83. The minimum atomic E-state index is -4.14. The van der Waals surface area contributed by atoms with Crippen LogP contribution in [0.4, 0.5) is 13.2 Å². The number of hydrogen-bond donors (Lipinski definition) is 1. The first kappa shape index (κ1) is 17.3. The Labute approximate surface area is 107 Å². The van der Waals surface area contributed by atoms with E-state index in [0.717, 1.165) is 6.42 Å². The summed E-state index contributed by atoms with van der Waals surface area (Å²) < 4.78 is 35.7. The summed E-state index contributed by atoms with van der Waals surface area (Å²) >= 11 is 0. The van der Waals surface area contributed by atoms with Gasteiger partial charge in [0.2, 0.25) is 5.91 Å². The van der Waals surface area contributed by atoms with Crippen molar-refractivity contribution in [3.63, 3.8) is 0 Å². The lowest BCUT2D eigenvalue weighted by Crippen LogP contribution is -2.33. The lowest BCUT2D eigenvalue weighted by molar-refractivity contribution is -0.136. The smallest absolute Gasteiger partial charge is 0.356 e. The fourth-order valence-corrected chi connectivity index (χ4v) is 1.81. The van der Waals surface area contributed by atoms with Crippen LogP contribution in [0.2, 0.25) is 0 Å². The Hall–Kier alpha value is -0.740. The van der Waals surface area contributed by atoms with Gasteiger partial charge in [0, 0.05) is 18.9 Å². The quantitative estimate of drug-likeness (QED) is 0.726. The van der Waals surface area contributed by atoms with E-state index in [4.69, 9.17) is 0 Å². The molecule has 0 aliphatic carbocycles. The number of carbonyl (C=O) groups is 1. The maximum atomic E-state index is 11.9.